The molecule has 9 heteroatoms. The van der Waals surface area contributed by atoms with Gasteiger partial charge in [-0.25, -0.2) is 4.79 Å². The number of fused-ring (bicyclic) bond motifs is 2. The van der Waals surface area contributed by atoms with Gasteiger partial charge in [-0.05, 0) is 36.1 Å². The summed E-state index contributed by atoms with van der Waals surface area (Å²) in [6, 6.07) is 20.0. The zero-order valence-corrected chi connectivity index (χ0v) is 25.7. The van der Waals surface area contributed by atoms with Crippen LogP contribution in [-0.4, -0.2) is 62.2 Å². The van der Waals surface area contributed by atoms with E-state index in [-0.39, 0.29) is 23.5 Å². The second kappa shape index (κ2) is 13.2. The second-order valence-electron chi connectivity index (χ2n) is 12.0. The Hall–Kier alpha value is -3.88. The van der Waals surface area contributed by atoms with E-state index in [4.69, 9.17) is 21.1 Å². The maximum absolute atomic E-state index is 13.1. The number of quaternary nitrogens is 1. The van der Waals surface area contributed by atoms with Crippen molar-refractivity contribution in [1.29, 1.82) is 0 Å². The zero-order valence-electron chi connectivity index (χ0n) is 24.9. The SMILES string of the molecule is COc1cc(NC(=O)CCCc2ccc(-c3ccccc3)c(NC(=O)OC3CC4CC[C@H](C3)[N+]4(C)C)c2)c(Cl)cc1C=O. The first-order chi connectivity index (χ1) is 20.7. The number of halogens is 1. The third-order valence-electron chi connectivity index (χ3n) is 9.05. The maximum Gasteiger partial charge on any atom is 0.411 e. The Bertz CT molecular complexity index is 1480. The third-order valence-corrected chi connectivity index (χ3v) is 9.37. The van der Waals surface area contributed by atoms with Crippen molar-refractivity contribution in [3.63, 3.8) is 0 Å². The number of methoxy groups -OCH3 is 1. The van der Waals surface area contributed by atoms with Crippen LogP contribution in [0.25, 0.3) is 11.1 Å². The van der Waals surface area contributed by atoms with Crippen LogP contribution in [0.3, 0.4) is 0 Å². The quantitative estimate of drug-likeness (QED) is 0.190. The summed E-state index contributed by atoms with van der Waals surface area (Å²) in [5.41, 5.74) is 4.27. The van der Waals surface area contributed by atoms with Crippen molar-refractivity contribution in [2.45, 2.75) is 63.1 Å². The number of hydrogen-bond donors (Lipinski definition) is 2. The summed E-state index contributed by atoms with van der Waals surface area (Å²) >= 11 is 6.25. The fourth-order valence-corrected chi connectivity index (χ4v) is 6.76. The fourth-order valence-electron chi connectivity index (χ4n) is 6.54. The van der Waals surface area contributed by atoms with Gasteiger partial charge in [0.1, 0.15) is 11.9 Å². The molecule has 3 aromatic carbocycles. The van der Waals surface area contributed by atoms with Crippen LogP contribution >= 0.6 is 11.6 Å². The van der Waals surface area contributed by atoms with E-state index in [0.717, 1.165) is 34.0 Å². The van der Waals surface area contributed by atoms with Crippen molar-refractivity contribution in [2.24, 2.45) is 0 Å². The van der Waals surface area contributed by atoms with Gasteiger partial charge in [-0.3, -0.25) is 14.9 Å². The van der Waals surface area contributed by atoms with Crippen LogP contribution < -0.4 is 15.4 Å². The number of piperidine rings is 1. The Kier molecular flexibility index (Phi) is 9.37. The number of nitrogens with zero attached hydrogens (tertiary/aromatic N) is 1. The Morgan fingerprint density at radius 2 is 1.70 bits per heavy atom. The lowest BCUT2D eigenvalue weighted by Crippen LogP contribution is -2.56. The third kappa shape index (κ3) is 7.03. The molecular weight excluding hydrogens is 566 g/mol. The van der Waals surface area contributed by atoms with E-state index in [1.807, 2.05) is 48.5 Å². The fraction of sp³-hybridized carbons (Fsp3) is 0.382. The van der Waals surface area contributed by atoms with Crippen molar-refractivity contribution in [1.82, 2.24) is 0 Å². The molecule has 5 rings (SSSR count). The van der Waals surface area contributed by atoms with Gasteiger partial charge in [-0.1, -0.05) is 54.1 Å². The minimum atomic E-state index is -0.432. The molecule has 2 aliphatic heterocycles. The molecule has 226 valence electrons. The lowest BCUT2D eigenvalue weighted by molar-refractivity contribution is -0.931. The highest BCUT2D eigenvalue weighted by molar-refractivity contribution is 6.34. The van der Waals surface area contributed by atoms with Crippen LogP contribution in [0, 0.1) is 0 Å². The number of ether oxygens (including phenoxy) is 2. The summed E-state index contributed by atoms with van der Waals surface area (Å²) in [6.45, 7) is 0. The van der Waals surface area contributed by atoms with Crippen LogP contribution in [0.1, 0.15) is 54.4 Å². The van der Waals surface area contributed by atoms with E-state index in [1.54, 1.807) is 6.07 Å². The smallest absolute Gasteiger partial charge is 0.411 e. The second-order valence-corrected chi connectivity index (χ2v) is 12.4. The molecule has 0 aromatic heterocycles. The molecule has 8 nitrogen and oxygen atoms in total. The molecule has 3 atom stereocenters. The Morgan fingerprint density at radius 1 is 0.977 bits per heavy atom. The summed E-state index contributed by atoms with van der Waals surface area (Å²) < 4.78 is 12.2. The summed E-state index contributed by atoms with van der Waals surface area (Å²) in [7, 11) is 6.03. The highest BCUT2D eigenvalue weighted by atomic mass is 35.5. The first-order valence-corrected chi connectivity index (χ1v) is 15.2. The van der Waals surface area contributed by atoms with E-state index < -0.39 is 6.09 Å². The normalized spacial score (nSPS) is 20.2. The number of aldehydes is 1. The molecule has 2 aliphatic rings. The number of aryl methyl sites for hydroxylation is 1. The van der Waals surface area contributed by atoms with Gasteiger partial charge in [-0.15, -0.1) is 0 Å². The number of rotatable bonds is 10. The Labute approximate surface area is 257 Å². The first-order valence-electron chi connectivity index (χ1n) is 14.8. The molecule has 2 fully saturated rings. The van der Waals surface area contributed by atoms with Crippen molar-refractivity contribution < 1.29 is 28.3 Å². The molecule has 2 unspecified atom stereocenters. The van der Waals surface area contributed by atoms with Crippen LogP contribution in [-0.2, 0) is 16.0 Å². The summed E-state index contributed by atoms with van der Waals surface area (Å²) in [5, 5.41) is 6.10. The number of nitrogens with one attached hydrogen (secondary N) is 2. The van der Waals surface area contributed by atoms with Crippen LogP contribution in [0.2, 0.25) is 5.02 Å². The molecule has 2 heterocycles. The van der Waals surface area contributed by atoms with E-state index in [1.165, 1.54) is 26.0 Å². The van der Waals surface area contributed by atoms with Gasteiger partial charge in [0.15, 0.2) is 6.29 Å². The molecule has 2 N–H and O–H groups in total. The number of carbonyl (C=O) groups excluding carboxylic acids is 3. The Morgan fingerprint density at radius 3 is 2.37 bits per heavy atom. The molecule has 0 aliphatic carbocycles. The number of hydrogen-bond acceptors (Lipinski definition) is 5. The molecule has 2 amide bonds. The predicted molar refractivity (Wildman–Crippen MR) is 169 cm³/mol. The number of carbonyl (C=O) groups is 3. The van der Waals surface area contributed by atoms with Gasteiger partial charge in [0.25, 0.3) is 0 Å². The van der Waals surface area contributed by atoms with E-state index >= 15 is 0 Å². The first kappa shape index (κ1) is 30.6. The van der Waals surface area contributed by atoms with Gasteiger partial charge < -0.3 is 19.3 Å². The average Bonchev–Trinajstić information content (AvgIpc) is 3.12. The number of anilines is 2. The molecule has 0 saturated carbocycles. The molecule has 43 heavy (non-hydrogen) atoms. The van der Waals surface area contributed by atoms with Gasteiger partial charge in [0.05, 0.1) is 55.2 Å². The van der Waals surface area contributed by atoms with Crippen molar-refractivity contribution in [3.05, 3.63) is 76.8 Å². The number of benzene rings is 3. The van der Waals surface area contributed by atoms with Gasteiger partial charge in [0.2, 0.25) is 5.91 Å². The van der Waals surface area contributed by atoms with Crippen molar-refractivity contribution in [3.8, 4) is 16.9 Å². The Balaban J connectivity index is 1.23. The largest absolute Gasteiger partial charge is 0.496 e. The maximum atomic E-state index is 13.1. The summed E-state index contributed by atoms with van der Waals surface area (Å²) in [6.07, 6.45) is 5.78. The van der Waals surface area contributed by atoms with Crippen molar-refractivity contribution >= 4 is 41.3 Å². The van der Waals surface area contributed by atoms with Crippen molar-refractivity contribution in [2.75, 3.05) is 31.8 Å². The number of amides is 2. The predicted octanol–water partition coefficient (Wildman–Crippen LogP) is 7.11. The highest BCUT2D eigenvalue weighted by Crippen LogP contribution is 2.41. The monoisotopic (exact) mass is 604 g/mol. The zero-order chi connectivity index (χ0) is 30.6. The van der Waals surface area contributed by atoms with Crippen LogP contribution in [0.4, 0.5) is 16.2 Å². The minimum Gasteiger partial charge on any atom is -0.496 e. The minimum absolute atomic E-state index is 0.0753. The van der Waals surface area contributed by atoms with Gasteiger partial charge >= 0.3 is 6.09 Å². The van der Waals surface area contributed by atoms with Crippen LogP contribution in [0.5, 0.6) is 5.75 Å². The lowest BCUT2D eigenvalue weighted by atomic mass is 9.98. The summed E-state index contributed by atoms with van der Waals surface area (Å²) in [5.74, 6) is 0.138. The standard InChI is InChI=1S/C34H38ClN3O5/c1-38(2)25-13-14-26(38)19-27(18-25)43-34(41)37-30-16-22(12-15-28(30)23-9-5-4-6-10-23)8-7-11-33(40)36-31-20-32(42-3)24(21-39)17-29(31)35/h4-6,9-10,12,15-17,20-21,25-27H,7-8,11,13-14,18-19H2,1-3H3,(H-,36,37,39,40,41)/p+1/t25-,26?,27?/m1/s1. The molecule has 2 saturated heterocycles. The van der Waals surface area contributed by atoms with E-state index in [0.29, 0.717) is 53.9 Å². The molecule has 0 spiro atoms. The van der Waals surface area contributed by atoms with E-state index in [9.17, 15) is 14.4 Å². The van der Waals surface area contributed by atoms with Crippen LogP contribution in [0.15, 0.2) is 60.7 Å². The molecular formula is C34H39ClN3O5+. The topological polar surface area (TPSA) is 93.7 Å². The molecule has 3 aromatic rings. The van der Waals surface area contributed by atoms with E-state index in [2.05, 4.69) is 24.7 Å². The average molecular weight is 605 g/mol. The summed E-state index contributed by atoms with van der Waals surface area (Å²) in [4.78, 5) is 37.0. The van der Waals surface area contributed by atoms with Gasteiger partial charge in [-0.2, -0.15) is 0 Å². The van der Waals surface area contributed by atoms with Gasteiger partial charge in [0, 0.05) is 43.7 Å². The molecule has 0 radical (unpaired) electrons. The lowest BCUT2D eigenvalue weighted by Gasteiger charge is -2.43. The highest BCUT2D eigenvalue weighted by Gasteiger charge is 2.49. The molecule has 2 bridgehead atoms.